The molecule has 1 aromatic heterocycles. The summed E-state index contributed by atoms with van der Waals surface area (Å²) in [6.07, 6.45) is 1.14. The maximum Gasteiger partial charge on any atom is 0.331 e. The molecule has 2 aromatic rings. The van der Waals surface area contributed by atoms with Gasteiger partial charge in [-0.25, -0.2) is 9.18 Å². The SMILES string of the molecule is N#Cc1c2n(c(=O)n(CC(=O)c3ccccc3F)c1=O)CCC2. The Morgan fingerprint density at radius 3 is 2.74 bits per heavy atom. The lowest BCUT2D eigenvalue weighted by Gasteiger charge is -2.10. The molecule has 0 aliphatic carbocycles. The molecule has 1 aromatic carbocycles. The van der Waals surface area contributed by atoms with Crippen LogP contribution in [0.5, 0.6) is 0 Å². The van der Waals surface area contributed by atoms with Crippen LogP contribution >= 0.6 is 0 Å². The summed E-state index contributed by atoms with van der Waals surface area (Å²) in [5.74, 6) is -1.41. The molecule has 116 valence electrons. The summed E-state index contributed by atoms with van der Waals surface area (Å²) in [7, 11) is 0. The van der Waals surface area contributed by atoms with E-state index in [0.29, 0.717) is 29.6 Å². The standard InChI is InChI=1S/C16H12FN3O3/c17-12-5-2-1-4-10(12)14(21)9-20-15(22)11(8-18)13-6-3-7-19(13)16(20)23/h1-2,4-5H,3,6-7,9H2. The lowest BCUT2D eigenvalue weighted by Crippen LogP contribution is -2.43. The van der Waals surface area contributed by atoms with Crippen LogP contribution < -0.4 is 11.2 Å². The van der Waals surface area contributed by atoms with Gasteiger partial charge in [-0.3, -0.25) is 18.7 Å². The summed E-state index contributed by atoms with van der Waals surface area (Å²) in [5.41, 5.74) is -1.33. The summed E-state index contributed by atoms with van der Waals surface area (Å²) < 4.78 is 15.7. The Morgan fingerprint density at radius 1 is 1.30 bits per heavy atom. The molecule has 2 heterocycles. The number of nitrogens with zero attached hydrogens (tertiary/aromatic N) is 3. The number of benzene rings is 1. The molecule has 0 radical (unpaired) electrons. The predicted octanol–water partition coefficient (Wildman–Crippen LogP) is 0.850. The molecular weight excluding hydrogens is 301 g/mol. The highest BCUT2D eigenvalue weighted by Gasteiger charge is 2.24. The van der Waals surface area contributed by atoms with Crippen molar-refractivity contribution in [1.29, 1.82) is 5.26 Å². The van der Waals surface area contributed by atoms with Gasteiger partial charge in [0.05, 0.1) is 12.1 Å². The number of hydrogen-bond acceptors (Lipinski definition) is 4. The molecule has 1 aliphatic heterocycles. The molecule has 0 fully saturated rings. The molecule has 23 heavy (non-hydrogen) atoms. The second kappa shape index (κ2) is 5.65. The molecule has 0 atom stereocenters. The maximum absolute atomic E-state index is 13.7. The largest absolute Gasteiger partial charge is 0.331 e. The van der Waals surface area contributed by atoms with Gasteiger partial charge in [0.1, 0.15) is 17.4 Å². The van der Waals surface area contributed by atoms with E-state index in [-0.39, 0.29) is 11.1 Å². The average Bonchev–Trinajstić information content (AvgIpc) is 3.02. The zero-order valence-corrected chi connectivity index (χ0v) is 12.1. The minimum atomic E-state index is -0.796. The van der Waals surface area contributed by atoms with Crippen molar-refractivity contribution in [3.05, 3.63) is 67.7 Å². The van der Waals surface area contributed by atoms with E-state index in [2.05, 4.69) is 0 Å². The second-order valence-electron chi connectivity index (χ2n) is 5.27. The van der Waals surface area contributed by atoms with E-state index >= 15 is 0 Å². The lowest BCUT2D eigenvalue weighted by molar-refractivity contribution is 0.0964. The van der Waals surface area contributed by atoms with Gasteiger partial charge in [-0.2, -0.15) is 5.26 Å². The quantitative estimate of drug-likeness (QED) is 0.786. The van der Waals surface area contributed by atoms with Gasteiger partial charge < -0.3 is 0 Å². The second-order valence-corrected chi connectivity index (χ2v) is 5.27. The van der Waals surface area contributed by atoms with Crippen molar-refractivity contribution >= 4 is 5.78 Å². The van der Waals surface area contributed by atoms with Crippen LogP contribution in [0, 0.1) is 17.1 Å². The molecule has 0 saturated heterocycles. The molecule has 0 unspecified atom stereocenters. The zero-order valence-electron chi connectivity index (χ0n) is 12.1. The molecule has 0 N–H and O–H groups in total. The summed E-state index contributed by atoms with van der Waals surface area (Å²) in [5, 5.41) is 9.17. The van der Waals surface area contributed by atoms with Gasteiger partial charge in [0.2, 0.25) is 0 Å². The van der Waals surface area contributed by atoms with Gasteiger partial charge >= 0.3 is 5.69 Å². The monoisotopic (exact) mass is 313 g/mol. The van der Waals surface area contributed by atoms with Gasteiger partial charge in [-0.1, -0.05) is 12.1 Å². The Hall–Kier alpha value is -3.01. The number of carbonyl (C=O) groups is 1. The summed E-state index contributed by atoms with van der Waals surface area (Å²) in [6, 6.07) is 7.17. The third-order valence-corrected chi connectivity index (χ3v) is 3.92. The zero-order chi connectivity index (χ0) is 16.6. The third kappa shape index (κ3) is 2.38. The number of ketones is 1. The molecule has 0 amide bonds. The fourth-order valence-corrected chi connectivity index (χ4v) is 2.80. The predicted molar refractivity (Wildman–Crippen MR) is 78.7 cm³/mol. The summed E-state index contributed by atoms with van der Waals surface area (Å²) >= 11 is 0. The van der Waals surface area contributed by atoms with Crippen molar-refractivity contribution in [2.75, 3.05) is 0 Å². The first-order chi connectivity index (χ1) is 11.0. The third-order valence-electron chi connectivity index (χ3n) is 3.92. The van der Waals surface area contributed by atoms with Crippen LogP contribution in [0.4, 0.5) is 4.39 Å². The van der Waals surface area contributed by atoms with E-state index in [1.807, 2.05) is 6.07 Å². The van der Waals surface area contributed by atoms with E-state index in [9.17, 15) is 18.8 Å². The molecule has 0 bridgehead atoms. The molecule has 0 spiro atoms. The maximum atomic E-state index is 13.7. The molecule has 3 rings (SSSR count). The van der Waals surface area contributed by atoms with E-state index in [0.717, 1.165) is 6.07 Å². The number of carbonyl (C=O) groups excluding carboxylic acids is 1. The number of halogens is 1. The Balaban J connectivity index is 2.10. The summed E-state index contributed by atoms with van der Waals surface area (Å²) in [4.78, 5) is 36.9. The smallest absolute Gasteiger partial charge is 0.296 e. The van der Waals surface area contributed by atoms with Crippen molar-refractivity contribution < 1.29 is 9.18 Å². The molecule has 1 aliphatic rings. The van der Waals surface area contributed by atoms with Crippen molar-refractivity contribution in [2.24, 2.45) is 0 Å². The van der Waals surface area contributed by atoms with Gasteiger partial charge in [0.15, 0.2) is 5.78 Å². The van der Waals surface area contributed by atoms with Crippen LogP contribution in [-0.4, -0.2) is 14.9 Å². The van der Waals surface area contributed by atoms with Gasteiger partial charge in [0, 0.05) is 12.2 Å². The number of rotatable bonds is 3. The number of aromatic nitrogens is 2. The van der Waals surface area contributed by atoms with E-state index < -0.39 is 29.4 Å². The Kier molecular flexibility index (Phi) is 3.66. The molecule has 7 heteroatoms. The molecular formula is C16H12FN3O3. The first-order valence-corrected chi connectivity index (χ1v) is 7.09. The van der Waals surface area contributed by atoms with Crippen LogP contribution in [0.15, 0.2) is 33.9 Å². The number of fused-ring (bicyclic) bond motifs is 1. The lowest BCUT2D eigenvalue weighted by atomic mass is 10.1. The first kappa shape index (κ1) is 14.9. The van der Waals surface area contributed by atoms with Crippen molar-refractivity contribution in [2.45, 2.75) is 25.9 Å². The van der Waals surface area contributed by atoms with Gasteiger partial charge in [0.25, 0.3) is 5.56 Å². The fourth-order valence-electron chi connectivity index (χ4n) is 2.80. The van der Waals surface area contributed by atoms with Crippen molar-refractivity contribution in [3.63, 3.8) is 0 Å². The normalized spacial score (nSPS) is 12.7. The van der Waals surface area contributed by atoms with Crippen LogP contribution in [0.1, 0.15) is 28.0 Å². The Morgan fingerprint density at radius 2 is 2.04 bits per heavy atom. The van der Waals surface area contributed by atoms with Crippen molar-refractivity contribution in [3.8, 4) is 6.07 Å². The topological polar surface area (TPSA) is 84.9 Å². The highest BCUT2D eigenvalue weighted by molar-refractivity contribution is 5.96. The first-order valence-electron chi connectivity index (χ1n) is 7.09. The minimum absolute atomic E-state index is 0.122. The summed E-state index contributed by atoms with van der Waals surface area (Å²) in [6.45, 7) is -0.190. The highest BCUT2D eigenvalue weighted by Crippen LogP contribution is 2.13. The number of Topliss-reactive ketones (excluding diaryl/α,β-unsaturated/α-hetero) is 1. The Labute approximate surface area is 130 Å². The van der Waals surface area contributed by atoms with E-state index in [1.54, 1.807) is 0 Å². The number of hydrogen-bond donors (Lipinski definition) is 0. The van der Waals surface area contributed by atoms with E-state index in [4.69, 9.17) is 5.26 Å². The molecule has 6 nitrogen and oxygen atoms in total. The van der Waals surface area contributed by atoms with Gasteiger partial charge in [-0.15, -0.1) is 0 Å². The van der Waals surface area contributed by atoms with Crippen LogP contribution in [-0.2, 0) is 19.5 Å². The number of nitriles is 1. The van der Waals surface area contributed by atoms with Crippen LogP contribution in [0.3, 0.4) is 0 Å². The highest BCUT2D eigenvalue weighted by atomic mass is 19.1. The molecule has 0 saturated carbocycles. The van der Waals surface area contributed by atoms with Gasteiger partial charge in [-0.05, 0) is 25.0 Å². The average molecular weight is 313 g/mol. The van der Waals surface area contributed by atoms with Crippen molar-refractivity contribution in [1.82, 2.24) is 9.13 Å². The minimum Gasteiger partial charge on any atom is -0.296 e. The van der Waals surface area contributed by atoms with Crippen LogP contribution in [0.2, 0.25) is 0 Å². The Bertz CT molecular complexity index is 966. The van der Waals surface area contributed by atoms with Crippen LogP contribution in [0.25, 0.3) is 0 Å². The van der Waals surface area contributed by atoms with E-state index in [1.165, 1.54) is 22.8 Å². The fraction of sp³-hybridized carbons (Fsp3) is 0.250.